The average molecular weight is 482 g/mol. The van der Waals surface area contributed by atoms with Crippen LogP contribution >= 0.6 is 0 Å². The number of piperazine rings is 1. The van der Waals surface area contributed by atoms with E-state index in [0.717, 1.165) is 23.8 Å². The Labute approximate surface area is 193 Å². The van der Waals surface area contributed by atoms with Gasteiger partial charge >= 0.3 is 12.4 Å². The molecule has 0 radical (unpaired) electrons. The highest BCUT2D eigenvalue weighted by Gasteiger charge is 2.72. The van der Waals surface area contributed by atoms with E-state index in [1.807, 2.05) is 4.90 Å². The Morgan fingerprint density at radius 1 is 0.824 bits per heavy atom. The average Bonchev–Trinajstić information content (AvgIpc) is 2.71. The predicted molar refractivity (Wildman–Crippen MR) is 114 cm³/mol. The van der Waals surface area contributed by atoms with E-state index in [2.05, 4.69) is 0 Å². The molecule has 0 N–H and O–H groups in total. The predicted octanol–water partition coefficient (Wildman–Crippen LogP) is 5.80. The third kappa shape index (κ3) is 3.64. The summed E-state index contributed by atoms with van der Waals surface area (Å²) >= 11 is 0. The molecule has 4 fully saturated rings. The number of halogens is 6. The van der Waals surface area contributed by atoms with Crippen LogP contribution < -0.4 is 4.90 Å². The molecule has 9 heteroatoms. The Morgan fingerprint density at radius 3 is 2.00 bits per heavy atom. The van der Waals surface area contributed by atoms with Crippen LogP contribution in [-0.4, -0.2) is 37.0 Å². The van der Waals surface area contributed by atoms with Crippen molar-refractivity contribution in [2.45, 2.75) is 44.0 Å². The van der Waals surface area contributed by atoms with Crippen molar-refractivity contribution in [3.05, 3.63) is 64.7 Å². The molecule has 2 bridgehead atoms. The maximum absolute atomic E-state index is 13.2. The summed E-state index contributed by atoms with van der Waals surface area (Å²) in [5.41, 5.74) is -0.319. The van der Waals surface area contributed by atoms with Crippen LogP contribution in [0.25, 0.3) is 0 Å². The number of benzene rings is 2. The maximum Gasteiger partial charge on any atom is 0.416 e. The molecule has 182 valence electrons. The normalized spacial score (nSPS) is 26.7. The van der Waals surface area contributed by atoms with Crippen LogP contribution in [-0.2, 0) is 22.6 Å². The van der Waals surface area contributed by atoms with Crippen molar-refractivity contribution < 1.29 is 31.1 Å². The van der Waals surface area contributed by atoms with Gasteiger partial charge in [-0.15, -0.1) is 0 Å². The molecule has 1 amide bonds. The van der Waals surface area contributed by atoms with Gasteiger partial charge in [-0.2, -0.15) is 26.3 Å². The second-order valence-corrected chi connectivity index (χ2v) is 9.95. The van der Waals surface area contributed by atoms with Crippen LogP contribution in [0.5, 0.6) is 0 Å². The number of nitrogens with zero attached hydrogens (tertiary/aromatic N) is 2. The quantitative estimate of drug-likeness (QED) is 0.516. The van der Waals surface area contributed by atoms with E-state index in [0.29, 0.717) is 56.7 Å². The molecular formula is C25H24F6N2O. The molecule has 0 spiro atoms. The van der Waals surface area contributed by atoms with Crippen molar-refractivity contribution in [3.8, 4) is 0 Å². The molecule has 0 unspecified atom stereocenters. The van der Waals surface area contributed by atoms with Crippen molar-refractivity contribution in [1.29, 1.82) is 0 Å². The molecule has 3 nitrogen and oxygen atoms in total. The third-order valence-corrected chi connectivity index (χ3v) is 7.73. The molecular weight excluding hydrogens is 458 g/mol. The fraction of sp³-hybridized carbons (Fsp3) is 0.480. The first-order valence-corrected chi connectivity index (χ1v) is 11.2. The standard InChI is InChI=1S/C25H24F6N2O/c1-16-5-6-19(25(29,30)31)12-20(16)32-7-9-33(10-8-32)21(34)23-13-22(14-23,15-23)17-3-2-4-18(11-17)24(26,27)28/h2-6,11-12H,7-10,13-15H2,1H3. The summed E-state index contributed by atoms with van der Waals surface area (Å²) in [6, 6.07) is 9.07. The lowest BCUT2D eigenvalue weighted by molar-refractivity contribution is -0.187. The number of hydrogen-bond acceptors (Lipinski definition) is 2. The number of carbonyl (C=O) groups is 1. The maximum atomic E-state index is 13.2. The highest BCUT2D eigenvalue weighted by molar-refractivity contribution is 5.88. The zero-order valence-corrected chi connectivity index (χ0v) is 18.6. The van der Waals surface area contributed by atoms with Gasteiger partial charge in [0.15, 0.2) is 0 Å². The number of hydrogen-bond donors (Lipinski definition) is 0. The van der Waals surface area contributed by atoms with Gasteiger partial charge < -0.3 is 9.80 Å². The van der Waals surface area contributed by atoms with Crippen LogP contribution in [0.15, 0.2) is 42.5 Å². The Bertz CT molecular complexity index is 1110. The van der Waals surface area contributed by atoms with E-state index in [4.69, 9.17) is 0 Å². The van der Waals surface area contributed by atoms with Gasteiger partial charge in [0.05, 0.1) is 16.5 Å². The summed E-state index contributed by atoms with van der Waals surface area (Å²) in [6.07, 6.45) is -7.17. The first-order valence-electron chi connectivity index (χ1n) is 11.2. The van der Waals surface area contributed by atoms with Gasteiger partial charge in [0.2, 0.25) is 5.91 Å². The van der Waals surface area contributed by atoms with Crippen LogP contribution in [0.3, 0.4) is 0 Å². The molecule has 3 saturated carbocycles. The molecule has 2 aromatic rings. The van der Waals surface area contributed by atoms with Crippen LogP contribution in [0.4, 0.5) is 32.0 Å². The molecule has 0 atom stereocenters. The van der Waals surface area contributed by atoms with Crippen LogP contribution in [0, 0.1) is 12.3 Å². The lowest BCUT2D eigenvalue weighted by atomic mass is 9.33. The van der Waals surface area contributed by atoms with Crippen molar-refractivity contribution in [2.75, 3.05) is 31.1 Å². The summed E-state index contributed by atoms with van der Waals surface area (Å²) in [5, 5.41) is 0. The number of alkyl halides is 6. The van der Waals surface area contributed by atoms with E-state index < -0.39 is 28.9 Å². The monoisotopic (exact) mass is 482 g/mol. The number of carbonyl (C=O) groups excluding carboxylic acids is 1. The van der Waals surface area contributed by atoms with E-state index in [1.54, 1.807) is 17.9 Å². The second kappa shape index (κ2) is 7.39. The Morgan fingerprint density at radius 2 is 1.41 bits per heavy atom. The second-order valence-electron chi connectivity index (χ2n) is 9.95. The number of aryl methyl sites for hydroxylation is 1. The highest BCUT2D eigenvalue weighted by Crippen LogP contribution is 2.74. The molecule has 0 aromatic heterocycles. The number of anilines is 1. The molecule has 6 rings (SSSR count). The summed E-state index contributed by atoms with van der Waals surface area (Å²) in [7, 11) is 0. The SMILES string of the molecule is Cc1ccc(C(F)(F)F)cc1N1CCN(C(=O)C23CC(c4cccc(C(F)(F)F)c4)(C2)C3)CC1. The Balaban J connectivity index is 1.22. The zero-order valence-electron chi connectivity index (χ0n) is 18.6. The first kappa shape index (κ1) is 23.1. The van der Waals surface area contributed by atoms with Gasteiger partial charge in [0.1, 0.15) is 0 Å². The van der Waals surface area contributed by atoms with Crippen molar-refractivity contribution in [3.63, 3.8) is 0 Å². The van der Waals surface area contributed by atoms with E-state index >= 15 is 0 Å². The molecule has 4 aliphatic rings. The summed E-state index contributed by atoms with van der Waals surface area (Å²) in [4.78, 5) is 16.8. The fourth-order valence-electron chi connectivity index (χ4n) is 5.96. The number of amides is 1. The topological polar surface area (TPSA) is 23.6 Å². The number of rotatable bonds is 3. The van der Waals surface area contributed by atoms with Crippen molar-refractivity contribution in [2.24, 2.45) is 5.41 Å². The lowest BCUT2D eigenvalue weighted by Crippen LogP contribution is -2.71. The Hall–Kier alpha value is -2.71. The van der Waals surface area contributed by atoms with Gasteiger partial charge in [-0.1, -0.05) is 24.3 Å². The van der Waals surface area contributed by atoms with Crippen molar-refractivity contribution in [1.82, 2.24) is 4.90 Å². The molecule has 1 saturated heterocycles. The van der Waals surface area contributed by atoms with E-state index in [9.17, 15) is 31.1 Å². The molecule has 1 heterocycles. The summed E-state index contributed by atoms with van der Waals surface area (Å²) < 4.78 is 78.6. The highest BCUT2D eigenvalue weighted by atomic mass is 19.4. The zero-order chi connectivity index (χ0) is 24.5. The fourth-order valence-corrected chi connectivity index (χ4v) is 5.96. The minimum absolute atomic E-state index is 0.0155. The van der Waals surface area contributed by atoms with Gasteiger partial charge in [0.25, 0.3) is 0 Å². The van der Waals surface area contributed by atoms with Gasteiger partial charge in [-0.05, 0) is 60.9 Å². The summed E-state index contributed by atoms with van der Waals surface area (Å²) in [6.45, 7) is 3.45. The Kier molecular flexibility index (Phi) is 5.01. The smallest absolute Gasteiger partial charge is 0.368 e. The van der Waals surface area contributed by atoms with E-state index in [1.165, 1.54) is 18.2 Å². The van der Waals surface area contributed by atoms with Crippen LogP contribution in [0.1, 0.15) is 41.5 Å². The van der Waals surface area contributed by atoms with E-state index in [-0.39, 0.29) is 11.3 Å². The van der Waals surface area contributed by atoms with Gasteiger partial charge in [-0.25, -0.2) is 0 Å². The molecule has 3 aliphatic carbocycles. The molecule has 2 aromatic carbocycles. The first-order chi connectivity index (χ1) is 15.8. The lowest BCUT2D eigenvalue weighted by Gasteiger charge is -2.70. The third-order valence-electron chi connectivity index (χ3n) is 7.73. The van der Waals surface area contributed by atoms with Crippen molar-refractivity contribution >= 4 is 11.6 Å². The molecule has 34 heavy (non-hydrogen) atoms. The van der Waals surface area contributed by atoms with Crippen LogP contribution in [0.2, 0.25) is 0 Å². The minimum Gasteiger partial charge on any atom is -0.368 e. The molecule has 1 aliphatic heterocycles. The minimum atomic E-state index is -4.42. The summed E-state index contributed by atoms with van der Waals surface area (Å²) in [5.74, 6) is 0.0155. The largest absolute Gasteiger partial charge is 0.416 e. The van der Waals surface area contributed by atoms with Gasteiger partial charge in [0, 0.05) is 31.9 Å². The van der Waals surface area contributed by atoms with Gasteiger partial charge in [-0.3, -0.25) is 4.79 Å².